The average molecular weight is 249 g/mol. The molecule has 3 radical (unpaired) electrons. The molecule has 0 spiro atoms. The maximum absolute atomic E-state index is 5.00. The fourth-order valence-corrected chi connectivity index (χ4v) is 3.76. The molecule has 0 unspecified atom stereocenters. The molecule has 0 heterocycles. The van der Waals surface area contributed by atoms with E-state index in [1.165, 1.54) is 6.04 Å². The zero-order valence-electron chi connectivity index (χ0n) is 13.0. The first-order chi connectivity index (χ1) is 6.31. The first-order valence-corrected chi connectivity index (χ1v) is 12.8. The Balaban J connectivity index is 0. The summed E-state index contributed by atoms with van der Waals surface area (Å²) in [6.07, 6.45) is 0. The molecule has 16 heavy (non-hydrogen) atoms. The summed E-state index contributed by atoms with van der Waals surface area (Å²) in [5.41, 5.74) is 0.195. The third-order valence-electron chi connectivity index (χ3n) is 1.79. The van der Waals surface area contributed by atoms with Gasteiger partial charge in [-0.25, -0.2) is 0 Å². The largest absolute Gasteiger partial charge is 1.00 e. The van der Waals surface area contributed by atoms with E-state index in [9.17, 15) is 0 Å². The molecule has 0 amide bonds. The smallest absolute Gasteiger partial charge is 0.261 e. The minimum absolute atomic E-state index is 0. The molecule has 0 aliphatic rings. The summed E-state index contributed by atoms with van der Waals surface area (Å²) in [6, 6.07) is 3.80. The molecule has 0 atom stereocenters. The number of hydrogen-bond donors (Lipinski definition) is 0. The van der Waals surface area contributed by atoms with Gasteiger partial charge in [0.25, 0.3) is 0 Å². The van der Waals surface area contributed by atoms with Gasteiger partial charge in [-0.2, -0.15) is 0 Å². The van der Waals surface area contributed by atoms with Crippen LogP contribution in [0.5, 0.6) is 0 Å². The first-order valence-electron chi connectivity index (χ1n) is 5.77. The minimum atomic E-state index is -1.35. The Hall–Kier alpha value is 0.991. The fraction of sp³-hybridized carbons (Fsp3) is 0.833. The van der Waals surface area contributed by atoms with Crippen molar-refractivity contribution in [2.24, 2.45) is 5.41 Å². The van der Waals surface area contributed by atoms with E-state index in [1.54, 1.807) is 0 Å². The van der Waals surface area contributed by atoms with Crippen LogP contribution in [0.4, 0.5) is 0 Å². The molecular weight excluding hydrogens is 221 g/mol. The summed E-state index contributed by atoms with van der Waals surface area (Å²) in [6.45, 7) is 20.8. The van der Waals surface area contributed by atoms with Crippen LogP contribution in [0, 0.1) is 17.5 Å². The molecule has 0 aliphatic heterocycles. The number of nitrogens with zero attached hydrogens (tertiary/aromatic N) is 1. The predicted molar refractivity (Wildman–Crippen MR) is 75.8 cm³/mol. The predicted octanol–water partition coefficient (Wildman–Crippen LogP) is 1.09. The Kier molecular flexibility index (Phi) is 7.54. The van der Waals surface area contributed by atoms with Gasteiger partial charge in [0.2, 0.25) is 0 Å². The molecule has 0 bridgehead atoms. The van der Waals surface area contributed by atoms with Crippen molar-refractivity contribution in [2.45, 2.75) is 60.1 Å². The maximum atomic E-state index is 5.00. The first kappa shape index (κ1) is 19.3. The van der Waals surface area contributed by atoms with Gasteiger partial charge in [-0.15, -0.1) is 0 Å². The average Bonchev–Trinajstić information content (AvgIpc) is 1.75. The summed E-state index contributed by atoms with van der Waals surface area (Å²) in [4.78, 5) is 5.00. The van der Waals surface area contributed by atoms with E-state index in [4.69, 9.17) is 4.98 Å². The van der Waals surface area contributed by atoms with Crippen LogP contribution >= 0.6 is 0 Å². The Bertz CT molecular complexity index is 183. The van der Waals surface area contributed by atoms with Crippen LogP contribution in [0.15, 0.2) is 0 Å². The van der Waals surface area contributed by atoms with Crippen LogP contribution < -0.4 is 23.8 Å². The Morgan fingerprint density at radius 3 is 1.50 bits per heavy atom. The van der Waals surface area contributed by atoms with Gasteiger partial charge in [-0.05, 0) is 11.5 Å². The molecule has 0 aromatic heterocycles. The second-order valence-electron chi connectivity index (χ2n) is 7.43. The van der Waals surface area contributed by atoms with E-state index < -0.39 is 16.3 Å². The molecule has 0 N–H and O–H groups in total. The van der Waals surface area contributed by atoms with Gasteiger partial charge in [0, 0.05) is 8.07 Å². The Morgan fingerprint density at radius 2 is 1.31 bits per heavy atom. The van der Waals surface area contributed by atoms with Crippen LogP contribution in [0.3, 0.4) is 0 Å². The second kappa shape index (κ2) is 6.24. The van der Waals surface area contributed by atoms with Crippen LogP contribution in [0.25, 0.3) is 0 Å². The second-order valence-corrected chi connectivity index (χ2v) is 17.0. The van der Waals surface area contributed by atoms with Gasteiger partial charge in [0.1, 0.15) is 8.24 Å². The van der Waals surface area contributed by atoms with E-state index in [0.29, 0.717) is 0 Å². The van der Waals surface area contributed by atoms with Crippen LogP contribution in [-0.4, -0.2) is 16.3 Å². The van der Waals surface area contributed by atoms with Gasteiger partial charge in [-0.1, -0.05) is 60.1 Å². The molecule has 1 nitrogen and oxygen atoms in total. The fourth-order valence-electron chi connectivity index (χ4n) is 1.19. The van der Waals surface area contributed by atoms with Crippen molar-refractivity contribution in [3.8, 4) is 0 Å². The topological polar surface area (TPSA) is 14.1 Å². The quantitative estimate of drug-likeness (QED) is 0.662. The normalized spacial score (nSPS) is 13.9. The van der Waals surface area contributed by atoms with Crippen molar-refractivity contribution in [3.05, 3.63) is 12.1 Å². The van der Waals surface area contributed by atoms with E-state index in [1.807, 2.05) is 0 Å². The maximum Gasteiger partial charge on any atom is 1.00 e. The van der Waals surface area contributed by atoms with Gasteiger partial charge in [0.15, 0.2) is 0 Å². The van der Waals surface area contributed by atoms with Gasteiger partial charge in [-0.3, -0.25) is 4.98 Å². The van der Waals surface area contributed by atoms with Gasteiger partial charge in [0.05, 0.1) is 6.04 Å². The molecule has 0 saturated heterocycles. The molecule has 0 aromatic carbocycles. The van der Waals surface area contributed by atoms with Crippen molar-refractivity contribution in [1.82, 2.24) is 4.98 Å². The Morgan fingerprint density at radius 1 is 0.938 bits per heavy atom. The van der Waals surface area contributed by atoms with Crippen LogP contribution in [-0.2, 0) is 0 Å². The van der Waals surface area contributed by atoms with Crippen molar-refractivity contribution in [2.75, 3.05) is 0 Å². The molecule has 4 heteroatoms. The van der Waals surface area contributed by atoms with E-state index in [-0.39, 0.29) is 24.3 Å². The molecule has 0 fully saturated rings. The summed E-state index contributed by atoms with van der Waals surface area (Å²) in [7, 11) is -2.51. The number of rotatable bonds is 4. The molecule has 0 aliphatic carbocycles. The van der Waals surface area contributed by atoms with Crippen molar-refractivity contribution in [1.29, 1.82) is 0 Å². The molecular formula is C12H28LiNSi2+. The molecule has 0 aromatic rings. The molecule has 0 saturated carbocycles. The van der Waals surface area contributed by atoms with Crippen LogP contribution in [0.2, 0.25) is 39.3 Å². The third-order valence-corrected chi connectivity index (χ3v) is 3.85. The minimum Gasteiger partial charge on any atom is -0.261 e. The van der Waals surface area contributed by atoms with E-state index in [0.717, 1.165) is 0 Å². The van der Waals surface area contributed by atoms with E-state index >= 15 is 0 Å². The van der Waals surface area contributed by atoms with Crippen molar-refractivity contribution in [3.63, 3.8) is 0 Å². The number of hydrogen-bond acceptors (Lipinski definition) is 0. The van der Waals surface area contributed by atoms with E-state index in [2.05, 4.69) is 66.1 Å². The third kappa shape index (κ3) is 10.2. The zero-order chi connectivity index (χ0) is 12.5. The SMILES string of the molecule is CC(C)(C)[C]([CH][Si](C)(C)C)[N][Si](C)(C)C.[Li+]. The van der Waals surface area contributed by atoms with Gasteiger partial charge < -0.3 is 0 Å². The monoisotopic (exact) mass is 249 g/mol. The standard InChI is InChI=1S/C12H28NSi2.Li/c1-12(2,3)11(10-14(4,5)6)13-15(7,8)9;/h10H,1-9H3;/q;+1. The summed E-state index contributed by atoms with van der Waals surface area (Å²) >= 11 is 0. The summed E-state index contributed by atoms with van der Waals surface area (Å²) in [5.74, 6) is 0. The Labute approximate surface area is 117 Å². The van der Waals surface area contributed by atoms with Crippen molar-refractivity contribution < 1.29 is 18.9 Å². The van der Waals surface area contributed by atoms with Crippen molar-refractivity contribution >= 4 is 16.3 Å². The van der Waals surface area contributed by atoms with Gasteiger partial charge >= 0.3 is 18.9 Å². The molecule has 89 valence electrons. The summed E-state index contributed by atoms with van der Waals surface area (Å²) in [5, 5.41) is 0. The molecule has 0 rings (SSSR count). The van der Waals surface area contributed by atoms with Crippen LogP contribution in [0.1, 0.15) is 20.8 Å². The summed E-state index contributed by atoms with van der Waals surface area (Å²) < 4.78 is 0. The zero-order valence-corrected chi connectivity index (χ0v) is 15.0.